The van der Waals surface area contributed by atoms with Gasteiger partial charge in [0.2, 0.25) is 0 Å². The van der Waals surface area contributed by atoms with E-state index >= 15 is 0 Å². The fourth-order valence-electron chi connectivity index (χ4n) is 5.24. The summed E-state index contributed by atoms with van der Waals surface area (Å²) in [6.45, 7) is 7.54. The number of ether oxygens (including phenoxy) is 4. The highest BCUT2D eigenvalue weighted by Gasteiger charge is 2.33. The molecule has 48 heavy (non-hydrogen) atoms. The molecule has 0 radical (unpaired) electrons. The van der Waals surface area contributed by atoms with Crippen molar-refractivity contribution < 1.29 is 50.1 Å². The molecule has 11 heteroatoms. The SMILES string of the molecule is CC(C)Oc1ccc(C(Cc2ccc(OC(F)(F)F)cc2)C(=O)C(Cc2ccc(OC(F)(F)F)cc2)c2ccc(OC(C)C)cc2)cc1. The number of carbonyl (C=O) groups excluding carboxylic acids is 1. The lowest BCUT2D eigenvalue weighted by molar-refractivity contribution is -0.275. The number of Topliss-reactive ketones (excluding diaryl/α,β-unsaturated/α-hetero) is 1. The van der Waals surface area contributed by atoms with Gasteiger partial charge in [-0.1, -0.05) is 48.5 Å². The first kappa shape index (κ1) is 36.2. The van der Waals surface area contributed by atoms with Crippen LogP contribution >= 0.6 is 0 Å². The van der Waals surface area contributed by atoms with Gasteiger partial charge in [0, 0.05) is 11.8 Å². The quantitative estimate of drug-likeness (QED) is 0.125. The van der Waals surface area contributed by atoms with Gasteiger partial charge < -0.3 is 18.9 Å². The maximum absolute atomic E-state index is 14.7. The average molecular weight is 675 g/mol. The summed E-state index contributed by atoms with van der Waals surface area (Å²) in [5.74, 6) is -1.27. The summed E-state index contributed by atoms with van der Waals surface area (Å²) in [4.78, 5) is 14.7. The van der Waals surface area contributed by atoms with Gasteiger partial charge in [0.1, 0.15) is 28.8 Å². The Hall–Kier alpha value is -4.67. The topological polar surface area (TPSA) is 54.0 Å². The molecule has 4 aromatic rings. The summed E-state index contributed by atoms with van der Waals surface area (Å²) >= 11 is 0. The van der Waals surface area contributed by atoms with Crippen molar-refractivity contribution in [2.45, 2.75) is 77.3 Å². The standard InChI is InChI=1S/C37H36F6O5/c1-23(2)45-29-17-9-27(10-18-29)33(21-25-5-13-31(14-6-25)47-36(38,39)40)35(44)34(28-11-19-30(20-12-28)46-24(3)4)22-26-7-15-32(16-8-26)48-37(41,42)43/h5-20,23-24,33-34H,21-22H2,1-4H3. The largest absolute Gasteiger partial charge is 0.573 e. The summed E-state index contributed by atoms with van der Waals surface area (Å²) in [6.07, 6.45) is -9.55. The van der Waals surface area contributed by atoms with Crippen LogP contribution in [0.2, 0.25) is 0 Å². The second-order valence-electron chi connectivity index (χ2n) is 11.8. The predicted molar refractivity (Wildman–Crippen MR) is 169 cm³/mol. The Balaban J connectivity index is 1.72. The first-order valence-electron chi connectivity index (χ1n) is 15.3. The second kappa shape index (κ2) is 15.5. The monoisotopic (exact) mass is 674 g/mol. The molecule has 0 heterocycles. The van der Waals surface area contributed by atoms with Gasteiger partial charge in [-0.2, -0.15) is 0 Å². The van der Waals surface area contributed by atoms with Crippen LogP contribution in [0.3, 0.4) is 0 Å². The van der Waals surface area contributed by atoms with Crippen LogP contribution in [0.1, 0.15) is 61.8 Å². The van der Waals surface area contributed by atoms with Crippen LogP contribution < -0.4 is 18.9 Å². The van der Waals surface area contributed by atoms with E-state index in [1.54, 1.807) is 48.5 Å². The molecule has 256 valence electrons. The summed E-state index contributed by atoms with van der Waals surface area (Å²) < 4.78 is 96.1. The molecule has 0 bridgehead atoms. The number of rotatable bonds is 14. The summed E-state index contributed by atoms with van der Waals surface area (Å²) in [6, 6.07) is 24.8. The van der Waals surface area contributed by atoms with Crippen LogP contribution in [0.25, 0.3) is 0 Å². The van der Waals surface area contributed by atoms with E-state index in [1.165, 1.54) is 48.5 Å². The summed E-state index contributed by atoms with van der Waals surface area (Å²) in [5.41, 5.74) is 2.51. The number of ketones is 1. The molecule has 4 rings (SSSR count). The molecule has 0 aliphatic heterocycles. The van der Waals surface area contributed by atoms with Gasteiger partial charge in [0.15, 0.2) is 0 Å². The molecule has 0 spiro atoms. The van der Waals surface area contributed by atoms with Crippen molar-refractivity contribution in [3.8, 4) is 23.0 Å². The number of hydrogen-bond acceptors (Lipinski definition) is 5. The lowest BCUT2D eigenvalue weighted by Crippen LogP contribution is -2.24. The molecule has 5 nitrogen and oxygen atoms in total. The van der Waals surface area contributed by atoms with Crippen molar-refractivity contribution in [2.24, 2.45) is 0 Å². The summed E-state index contributed by atoms with van der Waals surface area (Å²) in [7, 11) is 0. The van der Waals surface area contributed by atoms with Gasteiger partial charge in [-0.3, -0.25) is 4.79 Å². The molecule has 4 aromatic carbocycles. The van der Waals surface area contributed by atoms with Gasteiger partial charge in [0.25, 0.3) is 0 Å². The predicted octanol–water partition coefficient (Wildman–Crippen LogP) is 9.98. The van der Waals surface area contributed by atoms with Crippen molar-refractivity contribution in [1.29, 1.82) is 0 Å². The Kier molecular flexibility index (Phi) is 11.7. The zero-order chi connectivity index (χ0) is 35.1. The molecule has 0 aromatic heterocycles. The molecule has 2 unspecified atom stereocenters. The van der Waals surface area contributed by atoms with Gasteiger partial charge in [-0.05, 0) is 111 Å². The van der Waals surface area contributed by atoms with Crippen LogP contribution in [-0.2, 0) is 17.6 Å². The summed E-state index contributed by atoms with van der Waals surface area (Å²) in [5, 5.41) is 0. The number of halogens is 6. The van der Waals surface area contributed by atoms with Crippen LogP contribution in [-0.4, -0.2) is 30.7 Å². The van der Waals surface area contributed by atoms with E-state index in [-0.39, 0.29) is 42.3 Å². The lowest BCUT2D eigenvalue weighted by atomic mass is 9.78. The third-order valence-corrected chi connectivity index (χ3v) is 7.19. The van der Waals surface area contributed by atoms with Crippen LogP contribution in [0.5, 0.6) is 23.0 Å². The number of benzene rings is 4. The van der Waals surface area contributed by atoms with E-state index in [2.05, 4.69) is 9.47 Å². The zero-order valence-corrected chi connectivity index (χ0v) is 26.8. The Bertz CT molecular complexity index is 1470. The first-order valence-corrected chi connectivity index (χ1v) is 15.3. The molecule has 0 aliphatic carbocycles. The van der Waals surface area contributed by atoms with Gasteiger partial charge >= 0.3 is 12.7 Å². The number of alkyl halides is 6. The highest BCUT2D eigenvalue weighted by atomic mass is 19.4. The maximum atomic E-state index is 14.7. The number of carbonyl (C=O) groups is 1. The minimum atomic E-state index is -4.85. The fraction of sp³-hybridized carbons (Fsp3) is 0.324. The van der Waals surface area contributed by atoms with E-state index in [1.807, 2.05) is 27.7 Å². The first-order chi connectivity index (χ1) is 22.5. The average Bonchev–Trinajstić information content (AvgIpc) is 2.99. The molecular weight excluding hydrogens is 638 g/mol. The Morgan fingerprint density at radius 3 is 1.06 bits per heavy atom. The van der Waals surface area contributed by atoms with Crippen LogP contribution in [0.4, 0.5) is 26.3 Å². The number of hydrogen-bond donors (Lipinski definition) is 0. The van der Waals surface area contributed by atoms with Crippen molar-refractivity contribution >= 4 is 5.78 Å². The van der Waals surface area contributed by atoms with Crippen LogP contribution in [0.15, 0.2) is 97.1 Å². The van der Waals surface area contributed by atoms with Gasteiger partial charge in [-0.25, -0.2) is 0 Å². The highest BCUT2D eigenvalue weighted by molar-refractivity contribution is 5.92. The molecule has 0 N–H and O–H groups in total. The van der Waals surface area contributed by atoms with Gasteiger partial charge in [-0.15, -0.1) is 26.3 Å². The van der Waals surface area contributed by atoms with Crippen molar-refractivity contribution in [3.63, 3.8) is 0 Å². The van der Waals surface area contributed by atoms with E-state index in [9.17, 15) is 31.1 Å². The molecule has 0 saturated carbocycles. The molecule has 0 aliphatic rings. The Morgan fingerprint density at radius 2 is 0.792 bits per heavy atom. The van der Waals surface area contributed by atoms with Crippen molar-refractivity contribution in [2.75, 3.05) is 0 Å². The Morgan fingerprint density at radius 1 is 0.500 bits per heavy atom. The fourth-order valence-corrected chi connectivity index (χ4v) is 5.24. The third kappa shape index (κ3) is 11.2. The molecule has 0 amide bonds. The zero-order valence-electron chi connectivity index (χ0n) is 26.8. The smallest absolute Gasteiger partial charge is 0.491 e. The van der Waals surface area contributed by atoms with Crippen LogP contribution in [0, 0.1) is 0 Å². The lowest BCUT2D eigenvalue weighted by Gasteiger charge is -2.25. The Labute approximate surface area is 275 Å². The van der Waals surface area contributed by atoms with E-state index in [4.69, 9.17) is 9.47 Å². The normalized spacial score (nSPS) is 13.2. The minimum absolute atomic E-state index is 0.0781. The molecule has 0 fully saturated rings. The highest BCUT2D eigenvalue weighted by Crippen LogP contribution is 2.35. The van der Waals surface area contributed by atoms with Crippen molar-refractivity contribution in [3.05, 3.63) is 119 Å². The molecular formula is C37H36F6O5. The van der Waals surface area contributed by atoms with E-state index in [0.717, 1.165) is 0 Å². The molecule has 0 saturated heterocycles. The second-order valence-corrected chi connectivity index (χ2v) is 11.8. The van der Waals surface area contributed by atoms with E-state index < -0.39 is 24.6 Å². The maximum Gasteiger partial charge on any atom is 0.573 e. The molecule has 2 atom stereocenters. The van der Waals surface area contributed by atoms with E-state index in [0.29, 0.717) is 33.8 Å². The third-order valence-electron chi connectivity index (χ3n) is 7.19. The minimum Gasteiger partial charge on any atom is -0.491 e. The van der Waals surface area contributed by atoms with Gasteiger partial charge in [0.05, 0.1) is 12.2 Å². The van der Waals surface area contributed by atoms with Crippen molar-refractivity contribution in [1.82, 2.24) is 0 Å².